The summed E-state index contributed by atoms with van der Waals surface area (Å²) in [4.78, 5) is 1.56. The van der Waals surface area contributed by atoms with Crippen molar-refractivity contribution in [2.75, 3.05) is 7.11 Å². The molecule has 2 atom stereocenters. The first-order valence-corrected chi connectivity index (χ1v) is 8.03. The lowest BCUT2D eigenvalue weighted by molar-refractivity contribution is 0.0109. The van der Waals surface area contributed by atoms with Crippen molar-refractivity contribution < 1.29 is 4.74 Å². The lowest BCUT2D eigenvalue weighted by atomic mass is 9.80. The second kappa shape index (κ2) is 6.35. The highest BCUT2D eigenvalue weighted by atomic mass is 32.1. The zero-order valence-electron chi connectivity index (χ0n) is 12.2. The average Bonchev–Trinajstić information content (AvgIpc) is 2.88. The van der Waals surface area contributed by atoms with E-state index in [4.69, 9.17) is 10.6 Å². The number of thiophene rings is 1. The van der Waals surface area contributed by atoms with Crippen LogP contribution in [0.5, 0.6) is 0 Å². The Labute approximate surface area is 120 Å². The van der Waals surface area contributed by atoms with E-state index in [1.807, 2.05) is 11.3 Å². The van der Waals surface area contributed by atoms with Crippen LogP contribution in [0, 0.1) is 0 Å². The standard InChI is InChI=1S/C15H26N2OS/c1-15(2,18-3)9-7-13(17-16)11-5-4-6-14-12(11)8-10-19-14/h8,10-11,13,17H,4-7,9,16H2,1-3H3. The van der Waals surface area contributed by atoms with Crippen molar-refractivity contribution in [3.63, 3.8) is 0 Å². The molecule has 0 fully saturated rings. The van der Waals surface area contributed by atoms with Gasteiger partial charge in [-0.1, -0.05) is 0 Å². The first kappa shape index (κ1) is 15.0. The monoisotopic (exact) mass is 282 g/mol. The number of methoxy groups -OCH3 is 1. The Morgan fingerprint density at radius 1 is 1.58 bits per heavy atom. The van der Waals surface area contributed by atoms with Gasteiger partial charge in [-0.25, -0.2) is 0 Å². The molecule has 1 aliphatic carbocycles. The molecule has 0 radical (unpaired) electrons. The fourth-order valence-corrected chi connectivity index (χ4v) is 3.94. The molecule has 2 unspecified atom stereocenters. The molecule has 1 aromatic rings. The van der Waals surface area contributed by atoms with E-state index in [1.54, 1.807) is 12.0 Å². The van der Waals surface area contributed by atoms with Crippen molar-refractivity contribution in [1.82, 2.24) is 5.43 Å². The van der Waals surface area contributed by atoms with Crippen LogP contribution in [-0.4, -0.2) is 18.8 Å². The molecule has 108 valence electrons. The van der Waals surface area contributed by atoms with Gasteiger partial charge in [0.1, 0.15) is 0 Å². The maximum Gasteiger partial charge on any atom is 0.0623 e. The van der Waals surface area contributed by atoms with Gasteiger partial charge >= 0.3 is 0 Å². The number of hydrogen-bond acceptors (Lipinski definition) is 4. The van der Waals surface area contributed by atoms with Gasteiger partial charge in [0.25, 0.3) is 0 Å². The van der Waals surface area contributed by atoms with Gasteiger partial charge in [0, 0.05) is 23.9 Å². The van der Waals surface area contributed by atoms with Gasteiger partial charge in [0.05, 0.1) is 5.60 Å². The van der Waals surface area contributed by atoms with E-state index >= 15 is 0 Å². The summed E-state index contributed by atoms with van der Waals surface area (Å²) in [6.07, 6.45) is 5.84. The summed E-state index contributed by atoms with van der Waals surface area (Å²) < 4.78 is 5.51. The first-order valence-electron chi connectivity index (χ1n) is 7.15. The van der Waals surface area contributed by atoms with Crippen molar-refractivity contribution in [3.05, 3.63) is 21.9 Å². The molecule has 3 N–H and O–H groups in total. The summed E-state index contributed by atoms with van der Waals surface area (Å²) in [6.45, 7) is 4.27. The summed E-state index contributed by atoms with van der Waals surface area (Å²) in [5.74, 6) is 6.38. The molecule has 3 nitrogen and oxygen atoms in total. The van der Waals surface area contributed by atoms with Crippen LogP contribution in [0.4, 0.5) is 0 Å². The molecule has 19 heavy (non-hydrogen) atoms. The SMILES string of the molecule is COC(C)(C)CCC(NN)C1CCCc2sccc21. The average molecular weight is 282 g/mol. The second-order valence-corrected chi connectivity index (χ2v) is 7.07. The van der Waals surface area contributed by atoms with Crippen molar-refractivity contribution in [3.8, 4) is 0 Å². The predicted molar refractivity (Wildman–Crippen MR) is 81.4 cm³/mol. The van der Waals surface area contributed by atoms with E-state index in [1.165, 1.54) is 24.8 Å². The fraction of sp³-hybridized carbons (Fsp3) is 0.733. The number of aryl methyl sites for hydroxylation is 1. The first-order chi connectivity index (χ1) is 9.07. The minimum atomic E-state index is -0.0682. The van der Waals surface area contributed by atoms with E-state index in [0.29, 0.717) is 12.0 Å². The number of hydrogen-bond donors (Lipinski definition) is 2. The molecule has 4 heteroatoms. The number of fused-ring (bicyclic) bond motifs is 1. The molecule has 0 spiro atoms. The second-order valence-electron chi connectivity index (χ2n) is 6.07. The predicted octanol–water partition coefficient (Wildman–Crippen LogP) is 3.21. The number of ether oxygens (including phenoxy) is 1. The Morgan fingerprint density at radius 2 is 2.37 bits per heavy atom. The van der Waals surface area contributed by atoms with Crippen LogP contribution < -0.4 is 11.3 Å². The van der Waals surface area contributed by atoms with E-state index in [0.717, 1.165) is 12.8 Å². The normalized spacial score (nSPS) is 21.2. The molecule has 0 saturated heterocycles. The summed E-state index contributed by atoms with van der Waals surface area (Å²) >= 11 is 1.89. The van der Waals surface area contributed by atoms with Gasteiger partial charge in [0.15, 0.2) is 0 Å². The van der Waals surface area contributed by atoms with Gasteiger partial charge in [-0.05, 0) is 63.0 Å². The third-order valence-electron chi connectivity index (χ3n) is 4.41. The van der Waals surface area contributed by atoms with Gasteiger partial charge in [-0.3, -0.25) is 11.3 Å². The molecule has 0 bridgehead atoms. The number of nitrogens with two attached hydrogens (primary N) is 1. The van der Waals surface area contributed by atoms with Crippen LogP contribution in [0.25, 0.3) is 0 Å². The van der Waals surface area contributed by atoms with Crippen molar-refractivity contribution in [2.24, 2.45) is 5.84 Å². The van der Waals surface area contributed by atoms with E-state index < -0.39 is 0 Å². The van der Waals surface area contributed by atoms with Crippen LogP contribution in [-0.2, 0) is 11.2 Å². The number of hydrazine groups is 1. The summed E-state index contributed by atoms with van der Waals surface area (Å²) in [5.41, 5.74) is 4.50. The largest absolute Gasteiger partial charge is 0.379 e. The highest BCUT2D eigenvalue weighted by molar-refractivity contribution is 7.10. The Kier molecular flexibility index (Phi) is 5.01. The quantitative estimate of drug-likeness (QED) is 0.622. The molecule has 0 saturated carbocycles. The number of rotatable bonds is 6. The maximum absolute atomic E-state index is 5.81. The molecule has 1 aromatic heterocycles. The van der Waals surface area contributed by atoms with Crippen molar-refractivity contribution in [2.45, 2.75) is 63.5 Å². The molecule has 1 aliphatic rings. The summed E-state index contributed by atoms with van der Waals surface area (Å²) in [7, 11) is 1.78. The van der Waals surface area contributed by atoms with Gasteiger partial charge in [-0.15, -0.1) is 11.3 Å². The van der Waals surface area contributed by atoms with E-state index in [2.05, 4.69) is 30.7 Å². The van der Waals surface area contributed by atoms with Crippen LogP contribution >= 0.6 is 11.3 Å². The zero-order chi connectivity index (χ0) is 13.9. The van der Waals surface area contributed by atoms with Crippen LogP contribution in [0.2, 0.25) is 0 Å². The Hall–Kier alpha value is -0.420. The highest BCUT2D eigenvalue weighted by Gasteiger charge is 2.29. The van der Waals surface area contributed by atoms with Crippen LogP contribution in [0.3, 0.4) is 0 Å². The van der Waals surface area contributed by atoms with Gasteiger partial charge in [0.2, 0.25) is 0 Å². The zero-order valence-corrected chi connectivity index (χ0v) is 13.1. The van der Waals surface area contributed by atoms with Gasteiger partial charge < -0.3 is 4.74 Å². The smallest absolute Gasteiger partial charge is 0.0623 e. The molecule has 0 aliphatic heterocycles. The topological polar surface area (TPSA) is 47.3 Å². The molecule has 0 amide bonds. The third kappa shape index (κ3) is 3.57. The summed E-state index contributed by atoms with van der Waals surface area (Å²) in [5, 5.41) is 2.22. The van der Waals surface area contributed by atoms with Crippen molar-refractivity contribution in [1.29, 1.82) is 0 Å². The molecular formula is C15H26N2OS. The fourth-order valence-electron chi connectivity index (χ4n) is 2.95. The summed E-state index contributed by atoms with van der Waals surface area (Å²) in [6, 6.07) is 2.64. The number of nitrogens with one attached hydrogen (secondary N) is 1. The minimum absolute atomic E-state index is 0.0682. The third-order valence-corrected chi connectivity index (χ3v) is 5.40. The van der Waals surface area contributed by atoms with Crippen molar-refractivity contribution >= 4 is 11.3 Å². The Bertz CT molecular complexity index is 403. The molecule has 0 aromatic carbocycles. The molecular weight excluding hydrogens is 256 g/mol. The highest BCUT2D eigenvalue weighted by Crippen LogP contribution is 2.38. The maximum atomic E-state index is 5.81. The van der Waals surface area contributed by atoms with E-state index in [-0.39, 0.29) is 5.60 Å². The van der Waals surface area contributed by atoms with E-state index in [9.17, 15) is 0 Å². The molecule has 1 heterocycles. The minimum Gasteiger partial charge on any atom is -0.379 e. The molecule has 2 rings (SSSR count). The Morgan fingerprint density at radius 3 is 3.05 bits per heavy atom. The van der Waals surface area contributed by atoms with Crippen LogP contribution in [0.1, 0.15) is 55.9 Å². The lowest BCUT2D eigenvalue weighted by Gasteiger charge is -2.32. The Balaban J connectivity index is 2.03. The van der Waals surface area contributed by atoms with Crippen LogP contribution in [0.15, 0.2) is 11.4 Å². The lowest BCUT2D eigenvalue weighted by Crippen LogP contribution is -2.42. The van der Waals surface area contributed by atoms with Gasteiger partial charge in [-0.2, -0.15) is 0 Å².